The van der Waals surface area contributed by atoms with Crippen molar-refractivity contribution in [1.29, 1.82) is 0 Å². The fourth-order valence-electron chi connectivity index (χ4n) is 4.60. The molecule has 1 aliphatic heterocycles. The van der Waals surface area contributed by atoms with Gasteiger partial charge in [-0.05, 0) is 60.5 Å². The number of carbonyl (C=O) groups excluding carboxylic acids is 2. The minimum Gasteiger partial charge on any atom is -0.463 e. The van der Waals surface area contributed by atoms with E-state index in [4.69, 9.17) is 56.9 Å². The summed E-state index contributed by atoms with van der Waals surface area (Å²) < 4.78 is 6.93. The summed E-state index contributed by atoms with van der Waals surface area (Å²) in [5, 5.41) is 4.17. The third-order valence-electron chi connectivity index (χ3n) is 6.44. The molecule has 0 radical (unpaired) electrons. The number of amides is 1. The van der Waals surface area contributed by atoms with E-state index in [1.807, 2.05) is 6.07 Å². The Labute approximate surface area is 264 Å². The minimum absolute atomic E-state index is 0.0295. The first-order valence-corrected chi connectivity index (χ1v) is 14.8. The fraction of sp³-hybridized carbons (Fsp3) is 0.100. The van der Waals surface area contributed by atoms with Gasteiger partial charge in [0.1, 0.15) is 10.5 Å². The van der Waals surface area contributed by atoms with Crippen LogP contribution in [0, 0.1) is 0 Å². The zero-order chi connectivity index (χ0) is 30.1. The topological polar surface area (TPSA) is 103 Å². The second-order valence-electron chi connectivity index (χ2n) is 9.07. The summed E-state index contributed by atoms with van der Waals surface area (Å²) in [6.45, 7) is 1.67. The molecule has 0 aliphatic carbocycles. The van der Waals surface area contributed by atoms with Crippen LogP contribution in [-0.2, 0) is 14.3 Å². The second kappa shape index (κ2) is 12.4. The average molecular weight is 661 g/mol. The minimum atomic E-state index is -1.09. The number of benzene rings is 3. The summed E-state index contributed by atoms with van der Waals surface area (Å²) in [4.78, 5) is 41.4. The van der Waals surface area contributed by atoms with Crippen LogP contribution in [0.3, 0.4) is 0 Å². The summed E-state index contributed by atoms with van der Waals surface area (Å²) in [6, 6.07) is 18.3. The van der Waals surface area contributed by atoms with Crippen molar-refractivity contribution in [2.45, 2.75) is 12.8 Å². The normalized spacial score (nSPS) is 15.0. The van der Waals surface area contributed by atoms with E-state index in [0.717, 1.165) is 15.9 Å². The lowest BCUT2D eigenvalue weighted by molar-refractivity contribution is -0.138. The van der Waals surface area contributed by atoms with Crippen LogP contribution in [0.15, 0.2) is 77.1 Å². The number of ether oxygens (including phenoxy) is 1. The Morgan fingerprint density at radius 1 is 0.976 bits per heavy atom. The van der Waals surface area contributed by atoms with Gasteiger partial charge < -0.3 is 15.8 Å². The number of thiazole rings is 1. The first-order valence-electron chi connectivity index (χ1n) is 12.5. The van der Waals surface area contributed by atoms with Gasteiger partial charge in [0.05, 0.1) is 28.2 Å². The predicted molar refractivity (Wildman–Crippen MR) is 170 cm³/mol. The van der Waals surface area contributed by atoms with E-state index < -0.39 is 23.4 Å². The van der Waals surface area contributed by atoms with Gasteiger partial charge in [-0.15, -0.1) is 11.3 Å². The number of para-hydroxylation sites is 1. The molecule has 3 aromatic carbocycles. The molecule has 4 aromatic rings. The molecule has 0 saturated carbocycles. The largest absolute Gasteiger partial charge is 0.463 e. The van der Waals surface area contributed by atoms with Crippen LogP contribution in [0.2, 0.25) is 20.1 Å². The number of nitrogens with zero attached hydrogens (tertiary/aromatic N) is 1. The molecule has 1 aromatic heterocycles. The number of halogens is 4. The van der Waals surface area contributed by atoms with Crippen molar-refractivity contribution in [3.63, 3.8) is 0 Å². The molecular weight excluding hydrogens is 640 g/mol. The van der Waals surface area contributed by atoms with Gasteiger partial charge in [0.2, 0.25) is 0 Å². The molecule has 214 valence electrons. The lowest BCUT2D eigenvalue weighted by atomic mass is 9.82. The highest BCUT2D eigenvalue weighted by Crippen LogP contribution is 2.41. The third-order valence-corrected chi connectivity index (χ3v) is 8.68. The Balaban J connectivity index is 1.87. The summed E-state index contributed by atoms with van der Waals surface area (Å²) in [5.41, 5.74) is 7.40. The monoisotopic (exact) mass is 659 g/mol. The first kappa shape index (κ1) is 29.9. The highest BCUT2D eigenvalue weighted by atomic mass is 35.5. The van der Waals surface area contributed by atoms with Crippen molar-refractivity contribution < 1.29 is 14.3 Å². The fourth-order valence-corrected chi connectivity index (χ4v) is 6.75. The van der Waals surface area contributed by atoms with E-state index in [-0.39, 0.29) is 37.8 Å². The third kappa shape index (κ3) is 5.73. The number of hydrogen-bond acceptors (Lipinski definition) is 6. The van der Waals surface area contributed by atoms with Crippen LogP contribution in [0.1, 0.15) is 24.0 Å². The summed E-state index contributed by atoms with van der Waals surface area (Å²) in [5.74, 6) is -2.65. The van der Waals surface area contributed by atoms with E-state index in [1.54, 1.807) is 67.6 Å². The average Bonchev–Trinajstić information content (AvgIpc) is 3.26. The molecule has 7 nitrogen and oxygen atoms in total. The number of aromatic nitrogens is 1. The second-order valence-corrected chi connectivity index (χ2v) is 11.8. The maximum absolute atomic E-state index is 14.1. The quantitative estimate of drug-likeness (QED) is 0.261. The molecular formula is C30H21Cl4N3O4S. The molecule has 1 atom stereocenters. The lowest BCUT2D eigenvalue weighted by Crippen LogP contribution is -2.42. The zero-order valence-corrected chi connectivity index (χ0v) is 25.6. The Bertz CT molecular complexity index is 1950. The molecule has 1 amide bonds. The van der Waals surface area contributed by atoms with Crippen molar-refractivity contribution in [1.82, 2.24) is 4.57 Å². The van der Waals surface area contributed by atoms with Crippen LogP contribution >= 0.6 is 57.7 Å². The maximum atomic E-state index is 14.1. The molecule has 42 heavy (non-hydrogen) atoms. The van der Waals surface area contributed by atoms with Crippen LogP contribution in [0.25, 0.3) is 17.5 Å². The molecule has 2 heterocycles. The Kier molecular flexibility index (Phi) is 8.82. The number of carbonyl (C=O) groups is 2. The predicted octanol–water partition coefficient (Wildman–Crippen LogP) is 5.63. The Hall–Kier alpha value is -3.53. The molecule has 1 aliphatic rings. The lowest BCUT2D eigenvalue weighted by Gasteiger charge is -2.28. The van der Waals surface area contributed by atoms with Crippen LogP contribution < -0.4 is 25.8 Å². The molecule has 0 saturated heterocycles. The summed E-state index contributed by atoms with van der Waals surface area (Å²) in [6.07, 6.45) is 1.57. The maximum Gasteiger partial charge on any atom is 0.338 e. The van der Waals surface area contributed by atoms with E-state index in [2.05, 4.69) is 5.32 Å². The molecule has 5 rings (SSSR count). The number of rotatable bonds is 6. The van der Waals surface area contributed by atoms with Gasteiger partial charge in [-0.1, -0.05) is 76.7 Å². The number of esters is 1. The van der Waals surface area contributed by atoms with Gasteiger partial charge in [0.25, 0.3) is 11.5 Å². The van der Waals surface area contributed by atoms with Gasteiger partial charge in [-0.2, -0.15) is 0 Å². The van der Waals surface area contributed by atoms with E-state index in [1.165, 1.54) is 6.07 Å². The van der Waals surface area contributed by atoms with Gasteiger partial charge in [-0.3, -0.25) is 14.2 Å². The summed E-state index contributed by atoms with van der Waals surface area (Å²) in [7, 11) is 0. The summed E-state index contributed by atoms with van der Waals surface area (Å²) >= 11 is 26.3. The van der Waals surface area contributed by atoms with Gasteiger partial charge in [0.15, 0.2) is 0 Å². The zero-order valence-electron chi connectivity index (χ0n) is 21.8. The highest BCUT2D eigenvalue weighted by molar-refractivity contribution is 7.07. The van der Waals surface area contributed by atoms with Crippen LogP contribution in [0.4, 0.5) is 5.69 Å². The molecule has 0 spiro atoms. The number of nitrogens with one attached hydrogen (secondary N) is 1. The van der Waals surface area contributed by atoms with Gasteiger partial charge in [-0.25, -0.2) is 4.79 Å². The van der Waals surface area contributed by atoms with Crippen molar-refractivity contribution in [3.05, 3.63) is 123 Å². The van der Waals surface area contributed by atoms with Crippen molar-refractivity contribution >= 4 is 92.8 Å². The van der Waals surface area contributed by atoms with Crippen molar-refractivity contribution in [2.75, 3.05) is 11.9 Å². The Morgan fingerprint density at radius 3 is 2.29 bits per heavy atom. The highest BCUT2D eigenvalue weighted by Gasteiger charge is 2.40. The standard InChI is InChI=1S/C30H21Cl4N3O4S/c1-2-41-30(40)24-23(19-11-10-17(32)14-21(19)34)25(27(38)36-18-6-4-3-5-7-18)29-37(26(24)35)28(39)22(42-29)12-15-8-9-16(31)13-20(15)33/h3-14,23H,2,35H2,1H3,(H,36,38)/b22-12+. The SMILES string of the molecule is CCOC(=O)C1=C(N)n2c(s/c(=C/c3ccc(Cl)cc3Cl)c2=O)=C(C(=O)Nc2ccccc2)C1c1ccc(Cl)cc1Cl. The van der Waals surface area contributed by atoms with Crippen LogP contribution in [0.5, 0.6) is 0 Å². The molecule has 0 fully saturated rings. The molecule has 3 N–H and O–H groups in total. The van der Waals surface area contributed by atoms with Crippen LogP contribution in [-0.4, -0.2) is 23.1 Å². The first-order chi connectivity index (χ1) is 20.1. The number of hydrogen-bond donors (Lipinski definition) is 2. The van der Waals surface area contributed by atoms with E-state index >= 15 is 0 Å². The van der Waals surface area contributed by atoms with Crippen molar-refractivity contribution in [3.8, 4) is 0 Å². The Morgan fingerprint density at radius 2 is 1.64 bits per heavy atom. The molecule has 1 unspecified atom stereocenters. The number of anilines is 1. The van der Waals surface area contributed by atoms with Gasteiger partial charge in [0, 0.05) is 25.8 Å². The van der Waals surface area contributed by atoms with E-state index in [0.29, 0.717) is 31.9 Å². The molecule has 12 heteroatoms. The van der Waals surface area contributed by atoms with E-state index in [9.17, 15) is 14.4 Å². The van der Waals surface area contributed by atoms with Crippen molar-refractivity contribution in [2.24, 2.45) is 5.73 Å². The molecule has 0 bridgehead atoms. The number of fused-ring (bicyclic) bond motifs is 1. The van der Waals surface area contributed by atoms with Gasteiger partial charge >= 0.3 is 5.97 Å². The smallest absolute Gasteiger partial charge is 0.338 e. The number of nitrogens with two attached hydrogens (primary N) is 1.